The molecule has 0 bridgehead atoms. The van der Waals surface area contributed by atoms with Crippen LogP contribution in [0.4, 0.5) is 4.39 Å². The quantitative estimate of drug-likeness (QED) is 0.926. The lowest BCUT2D eigenvalue weighted by atomic mass is 9.87. The number of nitrogens with zero attached hydrogens (tertiary/aromatic N) is 1. The molecule has 0 spiro atoms. The van der Waals surface area contributed by atoms with Crippen LogP contribution in [0.15, 0.2) is 18.2 Å². The summed E-state index contributed by atoms with van der Waals surface area (Å²) in [5.41, 5.74) is 0.245. The summed E-state index contributed by atoms with van der Waals surface area (Å²) in [6.07, 6.45) is 0.418. The maximum Gasteiger partial charge on any atom is 0.306 e. The molecule has 1 aromatic carbocycles. The third kappa shape index (κ3) is 3.15. The summed E-state index contributed by atoms with van der Waals surface area (Å²) in [5.74, 6) is -2.16. The lowest BCUT2D eigenvalue weighted by Crippen LogP contribution is -2.45. The number of hydrogen-bond donors (Lipinski definition) is 1. The molecule has 1 aliphatic heterocycles. The van der Waals surface area contributed by atoms with Crippen LogP contribution in [0.5, 0.6) is 5.75 Å². The molecular formula is C15H18FNO4. The second kappa shape index (κ2) is 6.11. The number of rotatable bonds is 3. The van der Waals surface area contributed by atoms with Crippen molar-refractivity contribution in [2.45, 2.75) is 13.3 Å². The molecule has 0 aliphatic carbocycles. The van der Waals surface area contributed by atoms with Gasteiger partial charge >= 0.3 is 5.97 Å². The molecule has 2 unspecified atom stereocenters. The second-order valence-corrected chi connectivity index (χ2v) is 5.31. The SMILES string of the molecule is COc1ccc(C(=O)N2CCC(C(=O)O)C(C)C2)cc1F. The predicted octanol–water partition coefficient (Wildman–Crippen LogP) is 2.02. The molecule has 5 nitrogen and oxygen atoms in total. The Kier molecular flexibility index (Phi) is 4.45. The second-order valence-electron chi connectivity index (χ2n) is 5.31. The molecule has 21 heavy (non-hydrogen) atoms. The molecule has 1 amide bonds. The van der Waals surface area contributed by atoms with Gasteiger partial charge in [0.25, 0.3) is 5.91 Å². The minimum Gasteiger partial charge on any atom is -0.494 e. The molecule has 114 valence electrons. The van der Waals surface area contributed by atoms with E-state index in [4.69, 9.17) is 9.84 Å². The molecule has 1 N–H and O–H groups in total. The fourth-order valence-corrected chi connectivity index (χ4v) is 2.68. The molecule has 2 atom stereocenters. The fraction of sp³-hybridized carbons (Fsp3) is 0.467. The highest BCUT2D eigenvalue weighted by molar-refractivity contribution is 5.94. The monoisotopic (exact) mass is 295 g/mol. The third-order valence-electron chi connectivity index (χ3n) is 3.91. The number of likely N-dealkylation sites (tertiary alicyclic amines) is 1. The summed E-state index contributed by atoms with van der Waals surface area (Å²) in [5, 5.41) is 9.08. The Morgan fingerprint density at radius 3 is 2.67 bits per heavy atom. The molecule has 6 heteroatoms. The Bertz CT molecular complexity index is 561. The van der Waals surface area contributed by atoms with Crippen LogP contribution in [0.1, 0.15) is 23.7 Å². The van der Waals surface area contributed by atoms with E-state index >= 15 is 0 Å². The van der Waals surface area contributed by atoms with E-state index in [9.17, 15) is 14.0 Å². The molecule has 1 aromatic rings. The van der Waals surface area contributed by atoms with Crippen molar-refractivity contribution in [1.29, 1.82) is 0 Å². The molecule has 1 fully saturated rings. The minimum absolute atomic E-state index is 0.0875. The summed E-state index contributed by atoms with van der Waals surface area (Å²) in [4.78, 5) is 25.0. The molecular weight excluding hydrogens is 277 g/mol. The number of amides is 1. The van der Waals surface area contributed by atoms with Crippen LogP contribution in [-0.4, -0.2) is 42.1 Å². The highest BCUT2D eigenvalue weighted by atomic mass is 19.1. The first-order valence-electron chi connectivity index (χ1n) is 6.79. The number of benzene rings is 1. The zero-order chi connectivity index (χ0) is 15.6. The zero-order valence-corrected chi connectivity index (χ0v) is 12.0. The Labute approximate surface area is 122 Å². The molecule has 0 radical (unpaired) electrons. The largest absolute Gasteiger partial charge is 0.494 e. The van der Waals surface area contributed by atoms with Gasteiger partial charge in [-0.25, -0.2) is 4.39 Å². The first-order valence-corrected chi connectivity index (χ1v) is 6.79. The van der Waals surface area contributed by atoms with Crippen molar-refractivity contribution in [3.63, 3.8) is 0 Å². The van der Waals surface area contributed by atoms with Gasteiger partial charge in [0, 0.05) is 18.7 Å². The number of methoxy groups -OCH3 is 1. The van der Waals surface area contributed by atoms with Crippen molar-refractivity contribution in [1.82, 2.24) is 4.90 Å². The van der Waals surface area contributed by atoms with Crippen LogP contribution in [0.25, 0.3) is 0 Å². The molecule has 2 rings (SSSR count). The maximum atomic E-state index is 13.6. The Morgan fingerprint density at radius 2 is 2.14 bits per heavy atom. The van der Waals surface area contributed by atoms with Crippen molar-refractivity contribution >= 4 is 11.9 Å². The van der Waals surface area contributed by atoms with E-state index in [0.29, 0.717) is 19.5 Å². The van der Waals surface area contributed by atoms with Gasteiger partial charge in [-0.15, -0.1) is 0 Å². The van der Waals surface area contributed by atoms with Gasteiger partial charge in [-0.3, -0.25) is 9.59 Å². The molecule has 1 aliphatic rings. The fourth-order valence-electron chi connectivity index (χ4n) is 2.68. The van der Waals surface area contributed by atoms with Crippen LogP contribution in [0, 0.1) is 17.7 Å². The average molecular weight is 295 g/mol. The Hall–Kier alpha value is -2.11. The smallest absolute Gasteiger partial charge is 0.306 e. The summed E-state index contributed by atoms with van der Waals surface area (Å²) >= 11 is 0. The van der Waals surface area contributed by atoms with Crippen LogP contribution in [-0.2, 0) is 4.79 Å². The molecule has 0 saturated carbocycles. The van der Waals surface area contributed by atoms with E-state index in [1.165, 1.54) is 19.2 Å². The van der Waals surface area contributed by atoms with Crippen LogP contribution in [0.2, 0.25) is 0 Å². The highest BCUT2D eigenvalue weighted by Gasteiger charge is 2.33. The van der Waals surface area contributed by atoms with Crippen LogP contribution >= 0.6 is 0 Å². The van der Waals surface area contributed by atoms with E-state index < -0.39 is 17.7 Å². The molecule has 0 aromatic heterocycles. The first kappa shape index (κ1) is 15.3. The lowest BCUT2D eigenvalue weighted by Gasteiger charge is -2.35. The van der Waals surface area contributed by atoms with Gasteiger partial charge in [0.2, 0.25) is 0 Å². The van der Waals surface area contributed by atoms with Crippen molar-refractivity contribution in [2.24, 2.45) is 11.8 Å². The van der Waals surface area contributed by atoms with Crippen molar-refractivity contribution in [3.8, 4) is 5.75 Å². The van der Waals surface area contributed by atoms with Gasteiger partial charge in [0.15, 0.2) is 11.6 Å². The number of carbonyl (C=O) groups excluding carboxylic acids is 1. The van der Waals surface area contributed by atoms with Gasteiger partial charge in [0.05, 0.1) is 13.0 Å². The van der Waals surface area contributed by atoms with E-state index in [1.807, 2.05) is 6.92 Å². The van der Waals surface area contributed by atoms with Crippen molar-refractivity contribution in [3.05, 3.63) is 29.6 Å². The number of aliphatic carboxylic acids is 1. The van der Waals surface area contributed by atoms with Crippen molar-refractivity contribution in [2.75, 3.05) is 20.2 Å². The van der Waals surface area contributed by atoms with Gasteiger partial charge in [-0.1, -0.05) is 6.92 Å². The first-order chi connectivity index (χ1) is 9.93. The van der Waals surface area contributed by atoms with Crippen LogP contribution in [0.3, 0.4) is 0 Å². The number of halogens is 1. The normalized spacial score (nSPS) is 22.0. The maximum absolute atomic E-state index is 13.6. The highest BCUT2D eigenvalue weighted by Crippen LogP contribution is 2.25. The van der Waals surface area contributed by atoms with Gasteiger partial charge in [-0.05, 0) is 30.5 Å². The van der Waals surface area contributed by atoms with E-state index in [0.717, 1.165) is 6.07 Å². The number of carbonyl (C=O) groups is 2. The molecule has 1 saturated heterocycles. The topological polar surface area (TPSA) is 66.8 Å². The van der Waals surface area contributed by atoms with Crippen molar-refractivity contribution < 1.29 is 23.8 Å². The molecule has 1 heterocycles. The van der Waals surface area contributed by atoms with E-state index in [2.05, 4.69) is 0 Å². The van der Waals surface area contributed by atoms with E-state index in [-0.39, 0.29) is 23.1 Å². The number of piperidine rings is 1. The van der Waals surface area contributed by atoms with Crippen LogP contribution < -0.4 is 4.74 Å². The van der Waals surface area contributed by atoms with E-state index in [1.54, 1.807) is 4.90 Å². The number of hydrogen-bond acceptors (Lipinski definition) is 3. The predicted molar refractivity (Wildman–Crippen MR) is 73.8 cm³/mol. The average Bonchev–Trinajstić information content (AvgIpc) is 2.45. The lowest BCUT2D eigenvalue weighted by molar-refractivity contribution is -0.145. The van der Waals surface area contributed by atoms with Gasteiger partial charge < -0.3 is 14.7 Å². The number of carboxylic acid groups (broad SMARTS) is 1. The number of ether oxygens (including phenoxy) is 1. The van der Waals surface area contributed by atoms with Gasteiger partial charge in [-0.2, -0.15) is 0 Å². The standard InChI is InChI=1S/C15H18FNO4/c1-9-8-17(6-5-11(9)15(19)20)14(18)10-3-4-13(21-2)12(16)7-10/h3-4,7,9,11H,5-6,8H2,1-2H3,(H,19,20). The zero-order valence-electron chi connectivity index (χ0n) is 12.0. The summed E-state index contributed by atoms with van der Waals surface area (Å²) < 4.78 is 18.5. The summed E-state index contributed by atoms with van der Waals surface area (Å²) in [6.45, 7) is 2.55. The summed E-state index contributed by atoms with van der Waals surface area (Å²) in [7, 11) is 1.36. The summed E-state index contributed by atoms with van der Waals surface area (Å²) in [6, 6.07) is 4.07. The Morgan fingerprint density at radius 1 is 1.43 bits per heavy atom. The van der Waals surface area contributed by atoms with Gasteiger partial charge in [0.1, 0.15) is 0 Å². The third-order valence-corrected chi connectivity index (χ3v) is 3.91. The Balaban J connectivity index is 2.11. The number of carboxylic acids is 1. The minimum atomic E-state index is -0.829.